The Bertz CT molecular complexity index is 1380. The number of nitrogens with two attached hydrogens (primary N) is 1. The van der Waals surface area contributed by atoms with E-state index in [1.165, 1.54) is 0 Å². The number of hydrogen-bond acceptors (Lipinski definition) is 9. The third kappa shape index (κ3) is 4.49. The summed E-state index contributed by atoms with van der Waals surface area (Å²) in [6, 6.07) is 8.08. The summed E-state index contributed by atoms with van der Waals surface area (Å²) in [5.74, 6) is 2.07. The molecular weight excluding hydrogens is 466 g/mol. The lowest BCUT2D eigenvalue weighted by Crippen LogP contribution is -2.47. The van der Waals surface area contributed by atoms with Crippen molar-refractivity contribution in [1.82, 2.24) is 24.3 Å². The van der Waals surface area contributed by atoms with E-state index in [-0.39, 0.29) is 5.95 Å². The summed E-state index contributed by atoms with van der Waals surface area (Å²) >= 11 is 6.37. The minimum Gasteiger partial charge on any atom is -0.495 e. The van der Waals surface area contributed by atoms with Gasteiger partial charge in [0.2, 0.25) is 17.8 Å². The van der Waals surface area contributed by atoms with Crippen LogP contribution in [0.1, 0.15) is 5.56 Å². The molecule has 182 valence electrons. The highest BCUT2D eigenvalue weighted by molar-refractivity contribution is 6.32. The van der Waals surface area contributed by atoms with Crippen molar-refractivity contribution in [3.63, 3.8) is 0 Å². The topological polar surface area (TPSA) is 101 Å². The largest absolute Gasteiger partial charge is 0.495 e. The number of anilines is 4. The molecule has 4 aromatic rings. The number of piperazine rings is 1. The molecule has 0 unspecified atom stereocenters. The average Bonchev–Trinajstić information content (AvgIpc) is 3.28. The molecule has 1 aliphatic heterocycles. The molecule has 1 aromatic carbocycles. The van der Waals surface area contributed by atoms with E-state index in [9.17, 15) is 0 Å². The molecular formula is C24H28ClN9O. The number of halogens is 1. The van der Waals surface area contributed by atoms with E-state index < -0.39 is 0 Å². The van der Waals surface area contributed by atoms with E-state index in [2.05, 4.69) is 36.9 Å². The summed E-state index contributed by atoms with van der Waals surface area (Å²) in [4.78, 5) is 24.3. The van der Waals surface area contributed by atoms with Crippen LogP contribution in [-0.4, -0.2) is 71.7 Å². The van der Waals surface area contributed by atoms with Gasteiger partial charge in [-0.15, -0.1) is 0 Å². The van der Waals surface area contributed by atoms with Crippen LogP contribution in [-0.2, 0) is 0 Å². The van der Waals surface area contributed by atoms with Gasteiger partial charge in [0.25, 0.3) is 0 Å². The van der Waals surface area contributed by atoms with Crippen LogP contribution >= 0.6 is 11.6 Å². The Labute approximate surface area is 208 Å². The predicted octanol–water partition coefficient (Wildman–Crippen LogP) is 3.13. The maximum atomic E-state index is 6.37. The smallest absolute Gasteiger partial charge is 0.232 e. The zero-order valence-corrected chi connectivity index (χ0v) is 21.0. The molecule has 0 spiro atoms. The van der Waals surface area contributed by atoms with Crippen molar-refractivity contribution in [2.75, 3.05) is 67.8 Å². The van der Waals surface area contributed by atoms with Gasteiger partial charge in [0, 0.05) is 70.0 Å². The third-order valence-corrected chi connectivity index (χ3v) is 6.47. The molecule has 0 aliphatic carbocycles. The van der Waals surface area contributed by atoms with E-state index >= 15 is 0 Å². The quantitative estimate of drug-likeness (QED) is 0.449. The summed E-state index contributed by atoms with van der Waals surface area (Å²) in [6.07, 6.45) is 4.07. The van der Waals surface area contributed by atoms with Gasteiger partial charge < -0.3 is 29.6 Å². The number of hydrogen-bond donors (Lipinski definition) is 1. The van der Waals surface area contributed by atoms with Gasteiger partial charge in [0.1, 0.15) is 11.4 Å². The van der Waals surface area contributed by atoms with Crippen molar-refractivity contribution in [2.45, 2.75) is 6.92 Å². The number of fused-ring (bicyclic) bond motifs is 1. The standard InChI is InChI=1S/C24H28ClN9O/c1-15-11-20(35-4)18(25)13-17(15)19-14-34-6-5-16(12-21(34)27-19)32-7-9-33(10-8-32)24-29-22(26)28-23(30-24)31(2)3/h5-6,11-14H,7-10H2,1-4H3,(H2,26,28,29,30). The van der Waals surface area contributed by atoms with Crippen molar-refractivity contribution in [1.29, 1.82) is 0 Å². The fraction of sp³-hybridized carbons (Fsp3) is 0.333. The summed E-state index contributed by atoms with van der Waals surface area (Å²) < 4.78 is 7.36. The number of nitrogens with zero attached hydrogens (tertiary/aromatic N) is 8. The van der Waals surface area contributed by atoms with Gasteiger partial charge in [-0.05, 0) is 30.7 Å². The molecule has 0 atom stereocenters. The molecule has 10 nitrogen and oxygen atoms in total. The molecule has 0 amide bonds. The van der Waals surface area contributed by atoms with Crippen molar-refractivity contribution >= 4 is 40.8 Å². The molecule has 2 N–H and O–H groups in total. The van der Waals surface area contributed by atoms with Crippen molar-refractivity contribution < 1.29 is 4.74 Å². The molecule has 3 aromatic heterocycles. The first-order valence-electron chi connectivity index (χ1n) is 11.3. The number of benzene rings is 1. The fourth-order valence-electron chi connectivity index (χ4n) is 4.26. The monoisotopic (exact) mass is 493 g/mol. The molecule has 1 saturated heterocycles. The fourth-order valence-corrected chi connectivity index (χ4v) is 4.50. The van der Waals surface area contributed by atoms with Crippen molar-refractivity contribution in [3.05, 3.63) is 47.2 Å². The first-order chi connectivity index (χ1) is 16.8. The SMILES string of the molecule is COc1cc(C)c(-c2cn3ccc(N4CCN(c5nc(N)nc(N(C)C)n5)CC4)cc3n2)cc1Cl. The van der Waals surface area contributed by atoms with Gasteiger partial charge in [0.05, 0.1) is 17.8 Å². The van der Waals surface area contributed by atoms with E-state index in [4.69, 9.17) is 27.1 Å². The van der Waals surface area contributed by atoms with Gasteiger partial charge in [-0.1, -0.05) is 11.6 Å². The number of rotatable bonds is 5. The van der Waals surface area contributed by atoms with E-state index in [0.717, 1.165) is 54.3 Å². The van der Waals surface area contributed by atoms with Crippen LogP contribution in [0.2, 0.25) is 5.02 Å². The van der Waals surface area contributed by atoms with Gasteiger partial charge in [-0.2, -0.15) is 15.0 Å². The Balaban J connectivity index is 1.34. The lowest BCUT2D eigenvalue weighted by atomic mass is 10.1. The van der Waals surface area contributed by atoms with Crippen LogP contribution in [0.5, 0.6) is 5.75 Å². The van der Waals surface area contributed by atoms with Gasteiger partial charge >= 0.3 is 0 Å². The highest BCUT2D eigenvalue weighted by Crippen LogP contribution is 2.33. The Morgan fingerprint density at radius 2 is 1.74 bits per heavy atom. The summed E-state index contributed by atoms with van der Waals surface area (Å²) in [6.45, 7) is 5.26. The van der Waals surface area contributed by atoms with Gasteiger partial charge in [-0.3, -0.25) is 0 Å². The van der Waals surface area contributed by atoms with Crippen molar-refractivity contribution in [3.8, 4) is 17.0 Å². The molecule has 1 fully saturated rings. The van der Waals surface area contributed by atoms with Crippen molar-refractivity contribution in [2.24, 2.45) is 0 Å². The van der Waals surface area contributed by atoms with Crippen LogP contribution in [0.15, 0.2) is 36.7 Å². The van der Waals surface area contributed by atoms with Crippen LogP contribution in [0.4, 0.5) is 23.5 Å². The van der Waals surface area contributed by atoms with E-state index in [0.29, 0.717) is 22.7 Å². The summed E-state index contributed by atoms with van der Waals surface area (Å²) in [7, 11) is 5.39. The molecule has 11 heteroatoms. The average molecular weight is 494 g/mol. The maximum absolute atomic E-state index is 6.37. The third-order valence-electron chi connectivity index (χ3n) is 6.18. The maximum Gasteiger partial charge on any atom is 0.232 e. The number of imidazole rings is 1. The molecule has 35 heavy (non-hydrogen) atoms. The molecule has 0 radical (unpaired) electrons. The van der Waals surface area contributed by atoms with Crippen LogP contribution in [0, 0.1) is 6.92 Å². The summed E-state index contributed by atoms with van der Waals surface area (Å²) in [5.41, 5.74) is 10.8. The second-order valence-electron chi connectivity index (χ2n) is 8.74. The Hall–Kier alpha value is -3.79. The van der Waals surface area contributed by atoms with Crippen LogP contribution in [0.25, 0.3) is 16.9 Å². The van der Waals surface area contributed by atoms with Gasteiger partial charge in [-0.25, -0.2) is 4.98 Å². The lowest BCUT2D eigenvalue weighted by Gasteiger charge is -2.36. The van der Waals surface area contributed by atoms with Crippen LogP contribution in [0.3, 0.4) is 0 Å². The Kier molecular flexibility index (Phi) is 5.98. The number of aryl methyl sites for hydroxylation is 1. The van der Waals surface area contributed by atoms with Gasteiger partial charge in [0.15, 0.2) is 0 Å². The second-order valence-corrected chi connectivity index (χ2v) is 9.15. The Morgan fingerprint density at radius 1 is 1.00 bits per heavy atom. The number of pyridine rings is 1. The highest BCUT2D eigenvalue weighted by atomic mass is 35.5. The number of nitrogen functional groups attached to an aromatic ring is 1. The first-order valence-corrected chi connectivity index (χ1v) is 11.7. The Morgan fingerprint density at radius 3 is 2.46 bits per heavy atom. The predicted molar refractivity (Wildman–Crippen MR) is 140 cm³/mol. The molecule has 1 aliphatic rings. The minimum atomic E-state index is 0.232. The normalized spacial score (nSPS) is 14.0. The first kappa shape index (κ1) is 23.0. The zero-order chi connectivity index (χ0) is 24.7. The summed E-state index contributed by atoms with van der Waals surface area (Å²) in [5, 5.41) is 0.571. The van der Waals surface area contributed by atoms with Crippen LogP contribution < -0.4 is 25.2 Å². The van der Waals surface area contributed by atoms with E-state index in [1.54, 1.807) is 7.11 Å². The second kappa shape index (κ2) is 9.10. The molecule has 4 heterocycles. The van der Waals surface area contributed by atoms with E-state index in [1.807, 2.05) is 54.8 Å². The number of aromatic nitrogens is 5. The number of methoxy groups -OCH3 is 1. The molecule has 5 rings (SSSR count). The highest BCUT2D eigenvalue weighted by Gasteiger charge is 2.21. The minimum absolute atomic E-state index is 0.232. The number of ether oxygens (including phenoxy) is 1. The molecule has 0 bridgehead atoms. The zero-order valence-electron chi connectivity index (χ0n) is 20.2. The molecule has 0 saturated carbocycles. The lowest BCUT2D eigenvalue weighted by molar-refractivity contribution is 0.415.